The first-order valence-electron chi connectivity index (χ1n) is 9.16. The first kappa shape index (κ1) is 19.8. The van der Waals surface area contributed by atoms with Gasteiger partial charge in [0.1, 0.15) is 21.4 Å². The molecule has 0 heterocycles. The number of sulfone groups is 1. The molecule has 2 aromatic carbocycles. The van der Waals surface area contributed by atoms with E-state index in [1.807, 2.05) is 32.0 Å². The molecule has 0 aromatic heterocycles. The van der Waals surface area contributed by atoms with Crippen molar-refractivity contribution < 1.29 is 17.5 Å². The van der Waals surface area contributed by atoms with Crippen LogP contribution in [0, 0.1) is 19.7 Å². The van der Waals surface area contributed by atoms with Gasteiger partial charge in [-0.1, -0.05) is 6.07 Å². The average Bonchev–Trinajstić information content (AvgIpc) is 2.95. The van der Waals surface area contributed by atoms with Gasteiger partial charge in [-0.25, -0.2) is 12.8 Å². The van der Waals surface area contributed by atoms with Crippen molar-refractivity contribution in [1.82, 2.24) is 0 Å². The summed E-state index contributed by atoms with van der Waals surface area (Å²) in [6, 6.07) is 7.01. The van der Waals surface area contributed by atoms with Crippen LogP contribution in [-0.2, 0) is 16.3 Å². The lowest BCUT2D eigenvalue weighted by atomic mass is 9.90. The maximum absolute atomic E-state index is 14.2. The van der Waals surface area contributed by atoms with Crippen LogP contribution in [0.25, 0.3) is 11.1 Å². The van der Waals surface area contributed by atoms with Gasteiger partial charge in [0, 0.05) is 17.9 Å². The van der Waals surface area contributed by atoms with Crippen molar-refractivity contribution in [3.63, 3.8) is 0 Å². The predicted octanol–water partition coefficient (Wildman–Crippen LogP) is 3.87. The number of ether oxygens (including phenoxy) is 1. The minimum absolute atomic E-state index is 0.116. The van der Waals surface area contributed by atoms with Gasteiger partial charge in [-0.2, -0.15) is 0 Å². The highest BCUT2D eigenvalue weighted by Gasteiger charge is 2.26. The number of fused-ring (bicyclic) bond motifs is 1. The molecule has 0 saturated heterocycles. The summed E-state index contributed by atoms with van der Waals surface area (Å²) >= 11 is 0. The van der Waals surface area contributed by atoms with Gasteiger partial charge in [-0.05, 0) is 79.1 Å². The van der Waals surface area contributed by atoms with Gasteiger partial charge < -0.3 is 10.5 Å². The Morgan fingerprint density at radius 1 is 1.22 bits per heavy atom. The van der Waals surface area contributed by atoms with Gasteiger partial charge in [-0.3, -0.25) is 0 Å². The predicted molar refractivity (Wildman–Crippen MR) is 106 cm³/mol. The third kappa shape index (κ3) is 4.33. The van der Waals surface area contributed by atoms with Gasteiger partial charge in [0.25, 0.3) is 0 Å². The molecule has 0 radical (unpaired) electrons. The molecule has 0 unspecified atom stereocenters. The third-order valence-corrected chi connectivity index (χ3v) is 6.11. The normalized spacial score (nSPS) is 16.4. The van der Waals surface area contributed by atoms with Gasteiger partial charge in [0.2, 0.25) is 0 Å². The average molecular weight is 392 g/mol. The Balaban J connectivity index is 1.87. The van der Waals surface area contributed by atoms with Crippen molar-refractivity contribution in [1.29, 1.82) is 0 Å². The number of rotatable bonds is 6. The van der Waals surface area contributed by atoms with Crippen molar-refractivity contribution >= 4 is 9.84 Å². The number of benzene rings is 2. The fourth-order valence-corrected chi connectivity index (χ4v) is 4.57. The second-order valence-corrected chi connectivity index (χ2v) is 9.66. The molecule has 2 N–H and O–H groups in total. The van der Waals surface area contributed by atoms with E-state index in [0.717, 1.165) is 46.4 Å². The Bertz CT molecular complexity index is 947. The van der Waals surface area contributed by atoms with Gasteiger partial charge in [0.05, 0.1) is 12.4 Å². The van der Waals surface area contributed by atoms with Crippen LogP contribution in [0.4, 0.5) is 4.39 Å². The summed E-state index contributed by atoms with van der Waals surface area (Å²) in [5.74, 6) is 0.614. The summed E-state index contributed by atoms with van der Waals surface area (Å²) in [6.45, 7) is 4.37. The fourth-order valence-electron chi connectivity index (χ4n) is 3.93. The van der Waals surface area contributed by atoms with Gasteiger partial charge >= 0.3 is 0 Å². The molecule has 0 bridgehead atoms. The largest absolute Gasteiger partial charge is 0.494 e. The topological polar surface area (TPSA) is 69.4 Å². The van der Waals surface area contributed by atoms with Crippen LogP contribution in [0.1, 0.15) is 41.1 Å². The first-order valence-corrected chi connectivity index (χ1v) is 11.2. The highest BCUT2D eigenvalue weighted by Crippen LogP contribution is 2.41. The van der Waals surface area contributed by atoms with E-state index in [9.17, 15) is 12.8 Å². The maximum atomic E-state index is 14.2. The Labute approximate surface area is 160 Å². The molecular formula is C21H26FNO3S. The molecule has 1 aliphatic carbocycles. The Morgan fingerprint density at radius 3 is 2.52 bits per heavy atom. The molecule has 3 rings (SSSR count). The lowest BCUT2D eigenvalue weighted by molar-refractivity contribution is 0.317. The van der Waals surface area contributed by atoms with Crippen LogP contribution in [0.2, 0.25) is 0 Å². The number of hydrogen-bond donors (Lipinski definition) is 1. The standard InChI is InChI=1S/C21H26FNO3S/c1-13-11-15(26-9-4-10-27(3,24)25)12-14(2)20(13)16-5-7-18(22)21-17(16)6-8-19(21)23/h5,7,11-12,19H,4,6,8-10,23H2,1-3H3/t19-/m1/s1. The molecule has 27 heavy (non-hydrogen) atoms. The van der Waals surface area contributed by atoms with E-state index in [2.05, 4.69) is 0 Å². The van der Waals surface area contributed by atoms with Crippen LogP contribution < -0.4 is 10.5 Å². The molecule has 146 valence electrons. The highest BCUT2D eigenvalue weighted by molar-refractivity contribution is 7.90. The molecule has 6 heteroatoms. The SMILES string of the molecule is Cc1cc(OCCCS(C)(=O)=O)cc(C)c1-c1ccc(F)c2c1CC[C@H]2N. The first-order chi connectivity index (χ1) is 12.7. The number of hydrogen-bond acceptors (Lipinski definition) is 4. The molecular weight excluding hydrogens is 365 g/mol. The number of halogens is 1. The van der Waals surface area contributed by atoms with E-state index in [1.165, 1.54) is 12.3 Å². The summed E-state index contributed by atoms with van der Waals surface area (Å²) in [4.78, 5) is 0. The molecule has 0 saturated carbocycles. The molecule has 4 nitrogen and oxygen atoms in total. The molecule has 0 amide bonds. The minimum atomic E-state index is -2.97. The second-order valence-electron chi connectivity index (χ2n) is 7.40. The van der Waals surface area contributed by atoms with E-state index >= 15 is 0 Å². The van der Waals surface area contributed by atoms with E-state index in [-0.39, 0.29) is 17.6 Å². The van der Waals surface area contributed by atoms with Crippen LogP contribution in [0.15, 0.2) is 24.3 Å². The summed E-state index contributed by atoms with van der Waals surface area (Å²) in [5, 5.41) is 0. The van der Waals surface area contributed by atoms with E-state index < -0.39 is 9.84 Å². The number of nitrogens with two attached hydrogens (primary N) is 1. The third-order valence-electron chi connectivity index (χ3n) is 5.08. The molecule has 1 atom stereocenters. The van der Waals surface area contributed by atoms with Crippen molar-refractivity contribution in [2.24, 2.45) is 5.73 Å². The smallest absolute Gasteiger partial charge is 0.147 e. The summed E-state index contributed by atoms with van der Waals surface area (Å²) in [5.41, 5.74) is 12.0. The Kier molecular flexibility index (Phi) is 5.58. The number of aryl methyl sites for hydroxylation is 2. The lowest BCUT2D eigenvalue weighted by Crippen LogP contribution is -2.08. The van der Waals surface area contributed by atoms with Crippen LogP contribution in [0.5, 0.6) is 5.75 Å². The molecule has 2 aromatic rings. The van der Waals surface area contributed by atoms with E-state index in [1.54, 1.807) is 0 Å². The van der Waals surface area contributed by atoms with Crippen LogP contribution >= 0.6 is 0 Å². The summed E-state index contributed by atoms with van der Waals surface area (Å²) in [7, 11) is -2.97. The molecule has 1 aliphatic rings. The summed E-state index contributed by atoms with van der Waals surface area (Å²) < 4.78 is 42.4. The highest BCUT2D eigenvalue weighted by atomic mass is 32.2. The fraction of sp³-hybridized carbons (Fsp3) is 0.429. The Morgan fingerprint density at radius 2 is 1.89 bits per heavy atom. The van der Waals surface area contributed by atoms with Gasteiger partial charge in [-0.15, -0.1) is 0 Å². The molecule has 0 spiro atoms. The van der Waals surface area contributed by atoms with Gasteiger partial charge in [0.15, 0.2) is 0 Å². The Hall–Kier alpha value is -1.92. The summed E-state index contributed by atoms with van der Waals surface area (Å²) in [6.07, 6.45) is 3.24. The maximum Gasteiger partial charge on any atom is 0.147 e. The monoisotopic (exact) mass is 391 g/mol. The van der Waals surface area contributed by atoms with Crippen molar-refractivity contribution in [3.8, 4) is 16.9 Å². The van der Waals surface area contributed by atoms with Crippen LogP contribution in [-0.4, -0.2) is 27.0 Å². The lowest BCUT2D eigenvalue weighted by Gasteiger charge is -2.17. The van der Waals surface area contributed by atoms with Crippen molar-refractivity contribution in [2.75, 3.05) is 18.6 Å². The van der Waals surface area contributed by atoms with Crippen molar-refractivity contribution in [3.05, 3.63) is 52.3 Å². The van der Waals surface area contributed by atoms with E-state index in [0.29, 0.717) is 18.6 Å². The van der Waals surface area contributed by atoms with E-state index in [4.69, 9.17) is 10.5 Å². The zero-order valence-electron chi connectivity index (χ0n) is 16.0. The molecule has 0 fully saturated rings. The molecule has 0 aliphatic heterocycles. The second kappa shape index (κ2) is 7.60. The van der Waals surface area contributed by atoms with Crippen molar-refractivity contribution in [2.45, 2.75) is 39.2 Å². The van der Waals surface area contributed by atoms with Crippen LogP contribution in [0.3, 0.4) is 0 Å². The minimum Gasteiger partial charge on any atom is -0.494 e. The quantitative estimate of drug-likeness (QED) is 0.759. The zero-order chi connectivity index (χ0) is 19.8. The zero-order valence-corrected chi connectivity index (χ0v) is 16.8.